The van der Waals surface area contributed by atoms with E-state index in [1.54, 1.807) is 41.0 Å². The smallest absolute Gasteiger partial charge is 0.269 e. The number of aromatic nitrogens is 2. The fraction of sp³-hybridized carbons (Fsp3) is 0.105. The fourth-order valence-corrected chi connectivity index (χ4v) is 2.40. The van der Waals surface area contributed by atoms with Crippen LogP contribution in [-0.4, -0.2) is 34.5 Å². The van der Waals surface area contributed by atoms with Gasteiger partial charge >= 0.3 is 0 Å². The highest BCUT2D eigenvalue weighted by Gasteiger charge is 2.13. The lowest BCUT2D eigenvalue weighted by molar-refractivity contribution is 0.0924. The second-order valence-corrected chi connectivity index (χ2v) is 5.50. The summed E-state index contributed by atoms with van der Waals surface area (Å²) < 4.78 is 14.6. The summed E-state index contributed by atoms with van der Waals surface area (Å²) in [7, 11) is 0. The first-order chi connectivity index (χ1) is 12.6. The number of amides is 2. The van der Waals surface area contributed by atoms with Gasteiger partial charge in [0.15, 0.2) is 0 Å². The number of hydrogen-bond acceptors (Lipinski definition) is 3. The van der Waals surface area contributed by atoms with Gasteiger partial charge in [0.25, 0.3) is 11.8 Å². The van der Waals surface area contributed by atoms with E-state index < -0.39 is 0 Å². The highest BCUT2D eigenvalue weighted by molar-refractivity contribution is 5.94. The predicted octanol–water partition coefficient (Wildman–Crippen LogP) is 2.17. The average molecular weight is 352 g/mol. The Morgan fingerprint density at radius 2 is 1.58 bits per heavy atom. The van der Waals surface area contributed by atoms with E-state index in [1.165, 1.54) is 24.7 Å². The normalized spacial score (nSPS) is 10.3. The van der Waals surface area contributed by atoms with E-state index in [2.05, 4.69) is 15.6 Å². The van der Waals surface area contributed by atoms with Gasteiger partial charge in [-0.2, -0.15) is 0 Å². The molecule has 3 aromatic rings. The maximum absolute atomic E-state index is 13.0. The number of hydrogen-bond donors (Lipinski definition) is 2. The maximum atomic E-state index is 13.0. The Kier molecular flexibility index (Phi) is 5.38. The topological polar surface area (TPSA) is 76.0 Å². The molecule has 0 radical (unpaired) electrons. The minimum atomic E-state index is -0.353. The lowest BCUT2D eigenvalue weighted by atomic mass is 10.2. The van der Waals surface area contributed by atoms with Crippen molar-refractivity contribution >= 4 is 11.8 Å². The summed E-state index contributed by atoms with van der Waals surface area (Å²) in [5.74, 6) is -0.883. The van der Waals surface area contributed by atoms with Gasteiger partial charge in [-0.3, -0.25) is 14.2 Å². The van der Waals surface area contributed by atoms with Gasteiger partial charge in [-0.15, -0.1) is 0 Å². The van der Waals surface area contributed by atoms with Gasteiger partial charge in [0.1, 0.15) is 11.5 Å². The SMILES string of the molecule is O=C(NCCNC(=O)c1cncn1-c1ccc(F)cc1)c1ccccc1. The molecule has 0 saturated heterocycles. The first-order valence-corrected chi connectivity index (χ1v) is 8.05. The van der Waals surface area contributed by atoms with E-state index in [0.717, 1.165) is 0 Å². The Hall–Kier alpha value is -3.48. The van der Waals surface area contributed by atoms with Crippen molar-refractivity contribution in [3.63, 3.8) is 0 Å². The van der Waals surface area contributed by atoms with Crippen molar-refractivity contribution in [2.45, 2.75) is 0 Å². The summed E-state index contributed by atoms with van der Waals surface area (Å²) >= 11 is 0. The first-order valence-electron chi connectivity index (χ1n) is 8.05. The molecular formula is C19H17FN4O2. The first kappa shape index (κ1) is 17.3. The lowest BCUT2D eigenvalue weighted by Gasteiger charge is -2.09. The Bertz CT molecular complexity index is 891. The van der Waals surface area contributed by atoms with Crippen molar-refractivity contribution in [3.05, 3.63) is 84.2 Å². The highest BCUT2D eigenvalue weighted by atomic mass is 19.1. The minimum absolute atomic E-state index is 0.198. The number of carbonyl (C=O) groups excluding carboxylic acids is 2. The average Bonchev–Trinajstić information content (AvgIpc) is 3.16. The second kappa shape index (κ2) is 8.06. The summed E-state index contributed by atoms with van der Waals surface area (Å²) in [6.45, 7) is 0.566. The van der Waals surface area contributed by atoms with Crippen molar-refractivity contribution in [1.82, 2.24) is 20.2 Å². The Balaban J connectivity index is 1.54. The van der Waals surface area contributed by atoms with Crippen LogP contribution in [0.4, 0.5) is 4.39 Å². The van der Waals surface area contributed by atoms with Crippen LogP contribution in [0.3, 0.4) is 0 Å². The maximum Gasteiger partial charge on any atom is 0.269 e. The lowest BCUT2D eigenvalue weighted by Crippen LogP contribution is -2.35. The number of rotatable bonds is 6. The van der Waals surface area contributed by atoms with Crippen LogP contribution in [0.15, 0.2) is 67.1 Å². The molecular weight excluding hydrogens is 335 g/mol. The van der Waals surface area contributed by atoms with Crippen molar-refractivity contribution in [2.24, 2.45) is 0 Å². The molecule has 1 heterocycles. The molecule has 2 N–H and O–H groups in total. The molecule has 26 heavy (non-hydrogen) atoms. The Labute approximate surface area is 149 Å². The van der Waals surface area contributed by atoms with Gasteiger partial charge in [-0.1, -0.05) is 18.2 Å². The molecule has 1 aromatic heterocycles. The third kappa shape index (κ3) is 4.13. The van der Waals surface area contributed by atoms with Crippen LogP contribution in [0.1, 0.15) is 20.8 Å². The molecule has 2 aromatic carbocycles. The van der Waals surface area contributed by atoms with Crippen molar-refractivity contribution in [2.75, 3.05) is 13.1 Å². The molecule has 3 rings (SSSR count). The van der Waals surface area contributed by atoms with Gasteiger partial charge in [0.2, 0.25) is 0 Å². The molecule has 6 nitrogen and oxygen atoms in total. The molecule has 0 bridgehead atoms. The van der Waals surface area contributed by atoms with E-state index in [9.17, 15) is 14.0 Å². The van der Waals surface area contributed by atoms with Crippen LogP contribution >= 0.6 is 0 Å². The zero-order valence-corrected chi connectivity index (χ0v) is 13.9. The molecule has 0 spiro atoms. The second-order valence-electron chi connectivity index (χ2n) is 5.50. The number of nitrogens with one attached hydrogen (secondary N) is 2. The Morgan fingerprint density at radius 1 is 0.923 bits per heavy atom. The molecule has 132 valence electrons. The molecule has 0 aliphatic rings. The van der Waals surface area contributed by atoms with Gasteiger partial charge < -0.3 is 10.6 Å². The van der Waals surface area contributed by atoms with E-state index in [-0.39, 0.29) is 24.2 Å². The molecule has 2 amide bonds. The number of halogens is 1. The van der Waals surface area contributed by atoms with Crippen LogP contribution < -0.4 is 10.6 Å². The molecule has 7 heteroatoms. The van der Waals surface area contributed by atoms with Gasteiger partial charge in [0, 0.05) is 24.3 Å². The van der Waals surface area contributed by atoms with Crippen molar-refractivity contribution in [3.8, 4) is 5.69 Å². The minimum Gasteiger partial charge on any atom is -0.350 e. The van der Waals surface area contributed by atoms with Crippen LogP contribution in [0, 0.1) is 5.82 Å². The molecule has 0 fully saturated rings. The molecule has 0 unspecified atom stereocenters. The summed E-state index contributed by atoms with van der Waals surface area (Å²) in [6.07, 6.45) is 2.92. The molecule has 0 aliphatic carbocycles. The third-order valence-electron chi connectivity index (χ3n) is 3.71. The van der Waals surface area contributed by atoms with E-state index >= 15 is 0 Å². The molecule has 0 atom stereocenters. The standard InChI is InChI=1S/C19H17FN4O2/c20-15-6-8-16(9-7-15)24-13-21-12-17(24)19(26)23-11-10-22-18(25)14-4-2-1-3-5-14/h1-9,12-13H,10-11H2,(H,22,25)(H,23,26). The van der Waals surface area contributed by atoms with Gasteiger partial charge in [-0.25, -0.2) is 9.37 Å². The number of nitrogens with zero attached hydrogens (tertiary/aromatic N) is 2. The number of carbonyl (C=O) groups is 2. The monoisotopic (exact) mass is 352 g/mol. The summed E-state index contributed by atoms with van der Waals surface area (Å²) in [4.78, 5) is 28.2. The zero-order valence-electron chi connectivity index (χ0n) is 13.9. The summed E-state index contributed by atoms with van der Waals surface area (Å²) in [6, 6.07) is 14.6. The van der Waals surface area contributed by atoms with E-state index in [4.69, 9.17) is 0 Å². The van der Waals surface area contributed by atoms with Crippen molar-refractivity contribution < 1.29 is 14.0 Å². The van der Waals surface area contributed by atoms with Crippen LogP contribution in [-0.2, 0) is 0 Å². The highest BCUT2D eigenvalue weighted by Crippen LogP contribution is 2.12. The van der Waals surface area contributed by atoms with Crippen LogP contribution in [0.2, 0.25) is 0 Å². The van der Waals surface area contributed by atoms with Gasteiger partial charge in [-0.05, 0) is 36.4 Å². The summed E-state index contributed by atoms with van der Waals surface area (Å²) in [5.41, 5.74) is 1.52. The quantitative estimate of drug-likeness (QED) is 0.668. The van der Waals surface area contributed by atoms with Crippen molar-refractivity contribution in [1.29, 1.82) is 0 Å². The number of benzene rings is 2. The molecule has 0 aliphatic heterocycles. The fourth-order valence-electron chi connectivity index (χ4n) is 2.40. The largest absolute Gasteiger partial charge is 0.350 e. The molecule has 0 saturated carbocycles. The predicted molar refractivity (Wildman–Crippen MR) is 94.6 cm³/mol. The third-order valence-corrected chi connectivity index (χ3v) is 3.71. The number of imidazole rings is 1. The summed E-state index contributed by atoms with van der Waals surface area (Å²) in [5, 5.41) is 5.46. The van der Waals surface area contributed by atoms with E-state index in [0.29, 0.717) is 23.5 Å². The van der Waals surface area contributed by atoms with E-state index in [1.807, 2.05) is 6.07 Å². The van der Waals surface area contributed by atoms with Gasteiger partial charge in [0.05, 0.1) is 12.5 Å². The van der Waals surface area contributed by atoms with Crippen LogP contribution in [0.5, 0.6) is 0 Å². The van der Waals surface area contributed by atoms with Crippen LogP contribution in [0.25, 0.3) is 5.69 Å². The Morgan fingerprint density at radius 3 is 2.27 bits per heavy atom. The zero-order chi connectivity index (χ0) is 18.4.